The number of likely N-dealkylation sites (N-methyl/N-ethyl adjacent to an activating group) is 1. The van der Waals surface area contributed by atoms with E-state index in [0.29, 0.717) is 23.7 Å². The van der Waals surface area contributed by atoms with Gasteiger partial charge in [0.05, 0.1) is 11.6 Å². The molecule has 2 aromatic rings. The Morgan fingerprint density at radius 3 is 2.31 bits per heavy atom. The second kappa shape index (κ2) is 9.20. The number of pyridine rings is 1. The Balaban J connectivity index is 2.06. The lowest BCUT2D eigenvalue weighted by molar-refractivity contribution is -0.140. The highest BCUT2D eigenvalue weighted by Crippen LogP contribution is 2.39. The number of benzene rings is 1. The molecule has 152 valence electrons. The molecule has 3 rings (SSSR count). The highest BCUT2D eigenvalue weighted by molar-refractivity contribution is 6.46. The Labute approximate surface area is 175 Å². The highest BCUT2D eigenvalue weighted by Gasteiger charge is 2.45. The summed E-state index contributed by atoms with van der Waals surface area (Å²) in [4.78, 5) is 33.5. The molecule has 1 atom stereocenters. The fourth-order valence-electron chi connectivity index (χ4n) is 3.56. The van der Waals surface area contributed by atoms with Crippen LogP contribution in [0.5, 0.6) is 0 Å². The Morgan fingerprint density at radius 1 is 1.10 bits per heavy atom. The monoisotopic (exact) mass is 413 g/mol. The van der Waals surface area contributed by atoms with E-state index in [4.69, 9.17) is 11.6 Å². The first-order chi connectivity index (χ1) is 14.0. The van der Waals surface area contributed by atoms with Crippen molar-refractivity contribution in [2.75, 3.05) is 26.2 Å². The lowest BCUT2D eigenvalue weighted by Gasteiger charge is -2.28. The van der Waals surface area contributed by atoms with Crippen LogP contribution < -0.4 is 0 Å². The fraction of sp³-hybridized carbons (Fsp3) is 0.318. The van der Waals surface area contributed by atoms with Gasteiger partial charge in [0.1, 0.15) is 5.76 Å². The molecule has 0 saturated carbocycles. The van der Waals surface area contributed by atoms with Crippen LogP contribution in [0.25, 0.3) is 5.76 Å². The second-order valence-electron chi connectivity index (χ2n) is 6.81. The first-order valence-corrected chi connectivity index (χ1v) is 10.0. The quantitative estimate of drug-likeness (QED) is 0.427. The standard InChI is InChI=1S/C22H24ClN3O3/c1-3-25(4-2)13-14-26-19(15-9-11-24-12-10-15)18(21(28)22(26)29)20(27)16-5-7-17(23)8-6-16/h5-12,19,27H,3-4,13-14H2,1-2H3/b20-18+/t19-/m0/s1. The minimum absolute atomic E-state index is 0.0862. The Morgan fingerprint density at radius 2 is 1.72 bits per heavy atom. The summed E-state index contributed by atoms with van der Waals surface area (Å²) >= 11 is 5.94. The first-order valence-electron chi connectivity index (χ1n) is 9.64. The molecule has 0 unspecified atom stereocenters. The van der Waals surface area contributed by atoms with Crippen LogP contribution in [0, 0.1) is 0 Å². The fourth-order valence-corrected chi connectivity index (χ4v) is 3.68. The van der Waals surface area contributed by atoms with Crippen molar-refractivity contribution in [2.45, 2.75) is 19.9 Å². The van der Waals surface area contributed by atoms with Crippen LogP contribution in [0.15, 0.2) is 54.4 Å². The van der Waals surface area contributed by atoms with Crippen LogP contribution in [0.2, 0.25) is 5.02 Å². The van der Waals surface area contributed by atoms with Crippen LogP contribution in [-0.4, -0.2) is 57.8 Å². The molecule has 7 heteroatoms. The minimum atomic E-state index is -0.682. The van der Waals surface area contributed by atoms with E-state index in [9.17, 15) is 14.7 Å². The topological polar surface area (TPSA) is 73.7 Å². The third kappa shape index (κ3) is 4.33. The smallest absolute Gasteiger partial charge is 0.295 e. The van der Waals surface area contributed by atoms with Gasteiger partial charge in [0.25, 0.3) is 11.7 Å². The molecule has 1 aliphatic rings. The van der Waals surface area contributed by atoms with Crippen LogP contribution in [-0.2, 0) is 9.59 Å². The molecular weight excluding hydrogens is 390 g/mol. The number of aliphatic hydroxyl groups excluding tert-OH is 1. The van der Waals surface area contributed by atoms with Gasteiger partial charge in [-0.15, -0.1) is 0 Å². The zero-order valence-corrected chi connectivity index (χ0v) is 17.3. The number of carbonyl (C=O) groups excluding carboxylic acids is 2. The SMILES string of the molecule is CCN(CC)CCN1C(=O)C(=O)/C(=C(/O)c2ccc(Cl)cc2)[C@@H]1c1ccncc1. The maximum Gasteiger partial charge on any atom is 0.295 e. The molecule has 2 heterocycles. The van der Waals surface area contributed by atoms with Gasteiger partial charge in [0.2, 0.25) is 0 Å². The molecule has 1 aliphatic heterocycles. The van der Waals surface area contributed by atoms with Crippen molar-refractivity contribution in [1.29, 1.82) is 0 Å². The van der Waals surface area contributed by atoms with Gasteiger partial charge in [-0.05, 0) is 55.1 Å². The Bertz CT molecular complexity index is 909. The van der Waals surface area contributed by atoms with Crippen molar-refractivity contribution < 1.29 is 14.7 Å². The molecule has 6 nitrogen and oxygen atoms in total. The summed E-state index contributed by atoms with van der Waals surface area (Å²) in [7, 11) is 0. The number of ketones is 1. The van der Waals surface area contributed by atoms with E-state index < -0.39 is 17.7 Å². The number of carbonyl (C=O) groups is 2. The van der Waals surface area contributed by atoms with Crippen LogP contribution in [0.4, 0.5) is 0 Å². The summed E-state index contributed by atoms with van der Waals surface area (Å²) < 4.78 is 0. The second-order valence-corrected chi connectivity index (χ2v) is 7.24. The van der Waals surface area contributed by atoms with E-state index in [1.165, 1.54) is 4.90 Å². The molecule has 1 saturated heterocycles. The molecule has 0 radical (unpaired) electrons. The Kier molecular flexibility index (Phi) is 6.67. The van der Waals surface area contributed by atoms with Gasteiger partial charge in [0, 0.05) is 36.1 Å². The van der Waals surface area contributed by atoms with Crippen molar-refractivity contribution in [1.82, 2.24) is 14.8 Å². The van der Waals surface area contributed by atoms with Crippen LogP contribution in [0.1, 0.15) is 31.0 Å². The molecule has 1 fully saturated rings. The number of nitrogens with zero attached hydrogens (tertiary/aromatic N) is 3. The van der Waals surface area contributed by atoms with Gasteiger partial charge in [-0.25, -0.2) is 0 Å². The number of rotatable bonds is 7. The number of aliphatic hydroxyl groups is 1. The zero-order valence-electron chi connectivity index (χ0n) is 16.5. The molecule has 0 spiro atoms. The Hall–Kier alpha value is -2.70. The average Bonchev–Trinajstić information content (AvgIpc) is 3.00. The summed E-state index contributed by atoms with van der Waals surface area (Å²) in [6.45, 7) is 6.84. The normalized spacial score (nSPS) is 18.6. The summed E-state index contributed by atoms with van der Waals surface area (Å²) in [5.41, 5.74) is 1.26. The molecule has 29 heavy (non-hydrogen) atoms. The van der Waals surface area contributed by atoms with E-state index >= 15 is 0 Å². The third-order valence-corrected chi connectivity index (χ3v) is 5.48. The van der Waals surface area contributed by atoms with E-state index in [-0.39, 0.29) is 11.3 Å². The van der Waals surface area contributed by atoms with Crippen LogP contribution >= 0.6 is 11.6 Å². The number of hydrogen-bond acceptors (Lipinski definition) is 5. The maximum absolute atomic E-state index is 12.9. The largest absolute Gasteiger partial charge is 0.507 e. The molecule has 0 aliphatic carbocycles. The molecule has 1 N–H and O–H groups in total. The number of likely N-dealkylation sites (tertiary alicyclic amines) is 1. The van der Waals surface area contributed by atoms with Crippen molar-refractivity contribution in [2.24, 2.45) is 0 Å². The summed E-state index contributed by atoms with van der Waals surface area (Å²) in [5.74, 6) is -1.49. The predicted molar refractivity (Wildman–Crippen MR) is 112 cm³/mol. The van der Waals surface area contributed by atoms with E-state index in [2.05, 4.69) is 23.7 Å². The number of Topliss-reactive ketones (excluding diaryl/α,β-unsaturated/α-hetero) is 1. The molecule has 1 amide bonds. The molecule has 0 bridgehead atoms. The molecular formula is C22H24ClN3O3. The zero-order chi connectivity index (χ0) is 21.0. The van der Waals surface area contributed by atoms with Gasteiger partial charge in [-0.1, -0.05) is 25.4 Å². The minimum Gasteiger partial charge on any atom is -0.507 e. The first kappa shape index (κ1) is 21.0. The van der Waals surface area contributed by atoms with Gasteiger partial charge in [-0.3, -0.25) is 14.6 Å². The van der Waals surface area contributed by atoms with E-state index in [1.807, 2.05) is 0 Å². The van der Waals surface area contributed by atoms with E-state index in [0.717, 1.165) is 18.7 Å². The molecule has 1 aromatic carbocycles. The van der Waals surface area contributed by atoms with E-state index in [1.54, 1.807) is 48.8 Å². The predicted octanol–water partition coefficient (Wildman–Crippen LogP) is 3.50. The van der Waals surface area contributed by atoms with Crippen molar-refractivity contribution in [3.05, 3.63) is 70.5 Å². The molecule has 1 aromatic heterocycles. The van der Waals surface area contributed by atoms with Crippen molar-refractivity contribution in [3.63, 3.8) is 0 Å². The van der Waals surface area contributed by atoms with Crippen molar-refractivity contribution >= 4 is 29.1 Å². The van der Waals surface area contributed by atoms with Crippen molar-refractivity contribution in [3.8, 4) is 0 Å². The maximum atomic E-state index is 12.9. The summed E-state index contributed by atoms with van der Waals surface area (Å²) in [5, 5.41) is 11.4. The van der Waals surface area contributed by atoms with Gasteiger partial charge >= 0.3 is 0 Å². The lowest BCUT2D eigenvalue weighted by atomic mass is 9.96. The van der Waals surface area contributed by atoms with Gasteiger partial charge < -0.3 is 14.9 Å². The van der Waals surface area contributed by atoms with Gasteiger partial charge in [-0.2, -0.15) is 0 Å². The van der Waals surface area contributed by atoms with Gasteiger partial charge in [0.15, 0.2) is 0 Å². The number of aromatic nitrogens is 1. The highest BCUT2D eigenvalue weighted by atomic mass is 35.5. The average molecular weight is 414 g/mol. The van der Waals surface area contributed by atoms with Crippen LogP contribution in [0.3, 0.4) is 0 Å². The summed E-state index contributed by atoms with van der Waals surface area (Å²) in [6.07, 6.45) is 3.23. The number of halogens is 1. The lowest BCUT2D eigenvalue weighted by Crippen LogP contribution is -2.38. The number of amides is 1. The summed E-state index contributed by atoms with van der Waals surface area (Å²) in [6, 6.07) is 9.38. The number of hydrogen-bond donors (Lipinski definition) is 1. The third-order valence-electron chi connectivity index (χ3n) is 5.23.